The summed E-state index contributed by atoms with van der Waals surface area (Å²) in [6.07, 6.45) is 3.33. The molecule has 6 heteroatoms. The second-order valence-corrected chi connectivity index (χ2v) is 7.48. The van der Waals surface area contributed by atoms with Gasteiger partial charge in [0, 0.05) is 23.8 Å². The predicted octanol–water partition coefficient (Wildman–Crippen LogP) is 1.67. The van der Waals surface area contributed by atoms with Gasteiger partial charge in [-0.05, 0) is 57.4 Å². The number of nitrogens with one attached hydrogen (secondary N) is 2. The first-order valence-electron chi connectivity index (χ1n) is 6.98. The fraction of sp³-hybridized carbons (Fsp3) is 0.571. The number of anilines is 1. The van der Waals surface area contributed by atoms with Crippen LogP contribution in [0.25, 0.3) is 0 Å². The highest BCUT2D eigenvalue weighted by molar-refractivity contribution is 7.89. The minimum atomic E-state index is -3.42. The molecule has 0 unspecified atom stereocenters. The van der Waals surface area contributed by atoms with Crippen molar-refractivity contribution in [2.24, 2.45) is 5.73 Å². The highest BCUT2D eigenvalue weighted by Gasteiger charge is 2.35. The van der Waals surface area contributed by atoms with Crippen molar-refractivity contribution in [1.82, 2.24) is 4.72 Å². The number of benzene rings is 1. The molecular weight excluding hydrogens is 274 g/mol. The highest BCUT2D eigenvalue weighted by Crippen LogP contribution is 2.34. The Bertz CT molecular complexity index is 543. The van der Waals surface area contributed by atoms with E-state index in [4.69, 9.17) is 5.73 Å². The van der Waals surface area contributed by atoms with E-state index in [9.17, 15) is 8.42 Å². The van der Waals surface area contributed by atoms with Crippen LogP contribution in [0.5, 0.6) is 0 Å². The maximum Gasteiger partial charge on any atom is 0.240 e. The highest BCUT2D eigenvalue weighted by atomic mass is 32.2. The number of sulfonamides is 1. The fourth-order valence-corrected chi connectivity index (χ4v) is 3.64. The Morgan fingerprint density at radius 2 is 1.85 bits per heavy atom. The van der Waals surface area contributed by atoms with Crippen molar-refractivity contribution in [3.8, 4) is 0 Å². The molecule has 1 aliphatic rings. The Hall–Kier alpha value is -1.11. The molecule has 4 N–H and O–H groups in total. The zero-order valence-electron chi connectivity index (χ0n) is 12.0. The van der Waals surface area contributed by atoms with Crippen LogP contribution in [0.4, 0.5) is 5.69 Å². The standard InChI is InChI=1S/C14H23N3O2S/c1-11(2)17-20(18,19)13-6-4-12(5-7-13)16-14(10-15)8-3-9-14/h4-7,11,16-17H,3,8-10,15H2,1-2H3. The molecule has 0 saturated heterocycles. The summed E-state index contributed by atoms with van der Waals surface area (Å²) < 4.78 is 26.6. The van der Waals surface area contributed by atoms with Crippen molar-refractivity contribution >= 4 is 15.7 Å². The molecule has 2 rings (SSSR count). The molecule has 0 aliphatic heterocycles. The second kappa shape index (κ2) is 5.71. The van der Waals surface area contributed by atoms with E-state index in [1.54, 1.807) is 38.1 Å². The van der Waals surface area contributed by atoms with Crippen LogP contribution < -0.4 is 15.8 Å². The lowest BCUT2D eigenvalue weighted by Gasteiger charge is -2.42. The van der Waals surface area contributed by atoms with Crippen molar-refractivity contribution < 1.29 is 8.42 Å². The largest absolute Gasteiger partial charge is 0.378 e. The van der Waals surface area contributed by atoms with Gasteiger partial charge in [0.15, 0.2) is 0 Å². The summed E-state index contributed by atoms with van der Waals surface area (Å²) in [7, 11) is -3.42. The summed E-state index contributed by atoms with van der Waals surface area (Å²) in [6, 6.07) is 6.72. The molecular formula is C14H23N3O2S. The second-order valence-electron chi connectivity index (χ2n) is 5.76. The summed E-state index contributed by atoms with van der Waals surface area (Å²) >= 11 is 0. The van der Waals surface area contributed by atoms with Gasteiger partial charge in [-0.1, -0.05) is 0 Å². The van der Waals surface area contributed by atoms with Crippen molar-refractivity contribution in [2.75, 3.05) is 11.9 Å². The number of hydrogen-bond donors (Lipinski definition) is 3. The third-order valence-electron chi connectivity index (χ3n) is 3.67. The third-order valence-corrected chi connectivity index (χ3v) is 5.34. The lowest BCUT2D eigenvalue weighted by Crippen LogP contribution is -2.51. The van der Waals surface area contributed by atoms with Gasteiger partial charge < -0.3 is 11.1 Å². The van der Waals surface area contributed by atoms with E-state index < -0.39 is 10.0 Å². The van der Waals surface area contributed by atoms with Gasteiger partial charge >= 0.3 is 0 Å². The first-order chi connectivity index (χ1) is 9.37. The first kappa shape index (κ1) is 15.3. The van der Waals surface area contributed by atoms with Crippen LogP contribution in [0.3, 0.4) is 0 Å². The molecule has 1 aliphatic carbocycles. The Balaban J connectivity index is 2.10. The summed E-state index contributed by atoms with van der Waals surface area (Å²) in [5.41, 5.74) is 6.71. The van der Waals surface area contributed by atoms with E-state index in [0.717, 1.165) is 18.5 Å². The molecule has 1 aromatic carbocycles. The Kier molecular flexibility index (Phi) is 4.36. The lowest BCUT2D eigenvalue weighted by atomic mass is 9.76. The average Bonchev–Trinajstić information content (AvgIpc) is 2.33. The molecule has 1 fully saturated rings. The summed E-state index contributed by atoms with van der Waals surface area (Å²) in [4.78, 5) is 0.284. The van der Waals surface area contributed by atoms with Gasteiger partial charge in [0.1, 0.15) is 0 Å². The molecule has 1 aromatic rings. The topological polar surface area (TPSA) is 84.2 Å². The van der Waals surface area contributed by atoms with Crippen molar-refractivity contribution in [3.63, 3.8) is 0 Å². The van der Waals surface area contributed by atoms with Crippen LogP contribution in [0, 0.1) is 0 Å². The monoisotopic (exact) mass is 297 g/mol. The lowest BCUT2D eigenvalue weighted by molar-refractivity contribution is 0.287. The summed E-state index contributed by atoms with van der Waals surface area (Å²) in [5, 5.41) is 3.42. The smallest absolute Gasteiger partial charge is 0.240 e. The molecule has 0 radical (unpaired) electrons. The van der Waals surface area contributed by atoms with Crippen LogP contribution in [-0.4, -0.2) is 26.5 Å². The maximum absolute atomic E-state index is 12.0. The molecule has 0 bridgehead atoms. The molecule has 20 heavy (non-hydrogen) atoms. The molecule has 0 spiro atoms. The number of hydrogen-bond acceptors (Lipinski definition) is 4. The van der Waals surface area contributed by atoms with Crippen molar-refractivity contribution in [1.29, 1.82) is 0 Å². The third kappa shape index (κ3) is 3.31. The van der Waals surface area contributed by atoms with Crippen molar-refractivity contribution in [2.45, 2.75) is 49.6 Å². The Morgan fingerprint density at radius 3 is 2.25 bits per heavy atom. The minimum absolute atomic E-state index is 0.00340. The van der Waals surface area contributed by atoms with Gasteiger partial charge in [0.2, 0.25) is 10.0 Å². The van der Waals surface area contributed by atoms with E-state index in [2.05, 4.69) is 10.0 Å². The Labute approximate surface area is 121 Å². The summed E-state index contributed by atoms with van der Waals surface area (Å²) in [5.74, 6) is 0. The first-order valence-corrected chi connectivity index (χ1v) is 8.46. The van der Waals surface area contributed by atoms with Crippen LogP contribution >= 0.6 is 0 Å². The molecule has 0 heterocycles. The van der Waals surface area contributed by atoms with E-state index >= 15 is 0 Å². The minimum Gasteiger partial charge on any atom is -0.378 e. The fourth-order valence-electron chi connectivity index (χ4n) is 2.39. The normalized spacial score (nSPS) is 17.8. The maximum atomic E-state index is 12.0. The number of nitrogens with two attached hydrogens (primary N) is 1. The molecule has 5 nitrogen and oxygen atoms in total. The van der Waals surface area contributed by atoms with Gasteiger partial charge in [0.05, 0.1) is 4.90 Å². The van der Waals surface area contributed by atoms with E-state index in [-0.39, 0.29) is 16.5 Å². The number of rotatable bonds is 6. The van der Waals surface area contributed by atoms with E-state index in [0.29, 0.717) is 6.54 Å². The van der Waals surface area contributed by atoms with Gasteiger partial charge in [-0.2, -0.15) is 0 Å². The Morgan fingerprint density at radius 1 is 1.25 bits per heavy atom. The van der Waals surface area contributed by atoms with Crippen LogP contribution in [0.15, 0.2) is 29.2 Å². The zero-order chi connectivity index (χ0) is 14.8. The molecule has 0 amide bonds. The predicted molar refractivity (Wildman–Crippen MR) is 81.2 cm³/mol. The van der Waals surface area contributed by atoms with Gasteiger partial charge in [-0.15, -0.1) is 0 Å². The molecule has 0 atom stereocenters. The van der Waals surface area contributed by atoms with Crippen LogP contribution in [0.2, 0.25) is 0 Å². The van der Waals surface area contributed by atoms with Gasteiger partial charge in [0.25, 0.3) is 0 Å². The van der Waals surface area contributed by atoms with E-state index in [1.165, 1.54) is 6.42 Å². The SMILES string of the molecule is CC(C)NS(=O)(=O)c1ccc(NC2(CN)CCC2)cc1. The molecule has 0 aromatic heterocycles. The zero-order valence-corrected chi connectivity index (χ0v) is 12.8. The van der Waals surface area contributed by atoms with Crippen molar-refractivity contribution in [3.05, 3.63) is 24.3 Å². The quantitative estimate of drug-likeness (QED) is 0.745. The van der Waals surface area contributed by atoms with E-state index in [1.807, 2.05) is 0 Å². The van der Waals surface area contributed by atoms with Gasteiger partial charge in [-0.25, -0.2) is 13.1 Å². The van der Waals surface area contributed by atoms with Crippen LogP contribution in [0.1, 0.15) is 33.1 Å². The molecule has 112 valence electrons. The van der Waals surface area contributed by atoms with Gasteiger partial charge in [-0.3, -0.25) is 0 Å². The van der Waals surface area contributed by atoms with Crippen LogP contribution in [-0.2, 0) is 10.0 Å². The summed E-state index contributed by atoms with van der Waals surface area (Å²) in [6.45, 7) is 4.20. The molecule has 1 saturated carbocycles. The average molecular weight is 297 g/mol.